The smallest absolute Gasteiger partial charge is 0.126 e. The van der Waals surface area contributed by atoms with E-state index in [9.17, 15) is 9.50 Å². The van der Waals surface area contributed by atoms with Crippen LogP contribution in [0.1, 0.15) is 38.2 Å². The summed E-state index contributed by atoms with van der Waals surface area (Å²) < 4.78 is 13.5. The molecule has 2 rings (SSSR count). The van der Waals surface area contributed by atoms with Crippen molar-refractivity contribution in [3.8, 4) is 0 Å². The fourth-order valence-corrected chi connectivity index (χ4v) is 2.92. The Morgan fingerprint density at radius 2 is 2.19 bits per heavy atom. The molecule has 0 bridgehead atoms. The van der Waals surface area contributed by atoms with Gasteiger partial charge in [-0.3, -0.25) is 0 Å². The second kappa shape index (κ2) is 4.54. The van der Waals surface area contributed by atoms with Crippen LogP contribution in [0.3, 0.4) is 0 Å². The van der Waals surface area contributed by atoms with Crippen LogP contribution < -0.4 is 0 Å². The van der Waals surface area contributed by atoms with E-state index in [-0.39, 0.29) is 5.82 Å². The lowest BCUT2D eigenvalue weighted by Gasteiger charge is -2.29. The molecule has 0 radical (unpaired) electrons. The summed E-state index contributed by atoms with van der Waals surface area (Å²) in [5, 5.41) is 10.6. The second-order valence-electron chi connectivity index (χ2n) is 4.87. The van der Waals surface area contributed by atoms with Gasteiger partial charge in [-0.05, 0) is 30.4 Å². The minimum atomic E-state index is -0.684. The Hall–Kier alpha value is -0.890. The third-order valence-corrected chi connectivity index (χ3v) is 3.87. The van der Waals surface area contributed by atoms with E-state index in [1.165, 1.54) is 6.07 Å². The van der Waals surface area contributed by atoms with Crippen molar-refractivity contribution in [1.29, 1.82) is 0 Å². The summed E-state index contributed by atoms with van der Waals surface area (Å²) in [6.07, 6.45) is 4.37. The second-order valence-corrected chi connectivity index (χ2v) is 4.87. The predicted octanol–water partition coefficient (Wildman–Crippen LogP) is 3.31. The molecule has 1 aromatic rings. The van der Waals surface area contributed by atoms with Crippen LogP contribution in [-0.2, 0) is 6.42 Å². The van der Waals surface area contributed by atoms with Gasteiger partial charge in [-0.1, -0.05) is 38.0 Å². The summed E-state index contributed by atoms with van der Waals surface area (Å²) in [6.45, 7) is 2.10. The number of halogens is 1. The van der Waals surface area contributed by atoms with Gasteiger partial charge in [0.25, 0.3) is 0 Å². The maximum absolute atomic E-state index is 13.5. The van der Waals surface area contributed by atoms with Gasteiger partial charge in [0.05, 0.1) is 5.60 Å². The number of hydrogen-bond donors (Lipinski definition) is 1. The Labute approximate surface area is 96.3 Å². The van der Waals surface area contributed by atoms with E-state index in [1.54, 1.807) is 12.1 Å². The van der Waals surface area contributed by atoms with Crippen LogP contribution in [0.5, 0.6) is 0 Å². The third kappa shape index (κ3) is 2.12. The zero-order chi connectivity index (χ0) is 11.6. The molecular formula is C14H19FO. The summed E-state index contributed by atoms with van der Waals surface area (Å²) >= 11 is 0. The van der Waals surface area contributed by atoms with E-state index in [4.69, 9.17) is 0 Å². The van der Waals surface area contributed by atoms with E-state index in [1.807, 2.05) is 6.07 Å². The maximum atomic E-state index is 13.5. The monoisotopic (exact) mass is 222 g/mol. The van der Waals surface area contributed by atoms with E-state index >= 15 is 0 Å². The van der Waals surface area contributed by atoms with Gasteiger partial charge in [0.15, 0.2) is 0 Å². The van der Waals surface area contributed by atoms with Gasteiger partial charge < -0.3 is 5.11 Å². The van der Waals surface area contributed by atoms with Crippen LogP contribution in [0.25, 0.3) is 0 Å². The topological polar surface area (TPSA) is 20.2 Å². The van der Waals surface area contributed by atoms with Crippen molar-refractivity contribution in [1.82, 2.24) is 0 Å². The van der Waals surface area contributed by atoms with Crippen LogP contribution in [0.15, 0.2) is 24.3 Å². The van der Waals surface area contributed by atoms with Crippen LogP contribution in [0, 0.1) is 11.7 Å². The molecule has 1 aromatic carbocycles. The number of aliphatic hydroxyl groups is 1. The number of benzene rings is 1. The van der Waals surface area contributed by atoms with Gasteiger partial charge >= 0.3 is 0 Å². The first-order valence-electron chi connectivity index (χ1n) is 6.11. The highest BCUT2D eigenvalue weighted by Gasteiger charge is 2.40. The van der Waals surface area contributed by atoms with Crippen molar-refractivity contribution < 1.29 is 9.50 Å². The summed E-state index contributed by atoms with van der Waals surface area (Å²) in [6, 6.07) is 6.76. The largest absolute Gasteiger partial charge is 0.389 e. The van der Waals surface area contributed by atoms with Gasteiger partial charge in [-0.2, -0.15) is 0 Å². The Bertz CT molecular complexity index is 364. The van der Waals surface area contributed by atoms with Crippen LogP contribution in [-0.4, -0.2) is 10.7 Å². The lowest BCUT2D eigenvalue weighted by molar-refractivity contribution is 0.000771. The Kier molecular flexibility index (Phi) is 3.29. The van der Waals surface area contributed by atoms with Crippen molar-refractivity contribution >= 4 is 0 Å². The van der Waals surface area contributed by atoms with Crippen molar-refractivity contribution in [2.75, 3.05) is 0 Å². The molecule has 0 aliphatic heterocycles. The molecule has 1 aliphatic carbocycles. The molecular weight excluding hydrogens is 203 g/mol. The van der Waals surface area contributed by atoms with Crippen molar-refractivity contribution in [2.24, 2.45) is 5.92 Å². The molecule has 1 nitrogen and oxygen atoms in total. The molecule has 2 atom stereocenters. The molecule has 88 valence electrons. The highest BCUT2D eigenvalue weighted by molar-refractivity contribution is 5.20. The van der Waals surface area contributed by atoms with Gasteiger partial charge in [0.2, 0.25) is 0 Å². The number of hydrogen-bond acceptors (Lipinski definition) is 1. The molecule has 1 fully saturated rings. The predicted molar refractivity (Wildman–Crippen MR) is 62.7 cm³/mol. The first-order valence-corrected chi connectivity index (χ1v) is 6.11. The first-order chi connectivity index (χ1) is 7.65. The van der Waals surface area contributed by atoms with Crippen molar-refractivity contribution in [3.05, 3.63) is 35.6 Å². The minimum Gasteiger partial charge on any atom is -0.389 e. The van der Waals surface area contributed by atoms with Crippen LogP contribution in [0.2, 0.25) is 0 Å². The quantitative estimate of drug-likeness (QED) is 0.832. The lowest BCUT2D eigenvalue weighted by Crippen LogP contribution is -2.35. The van der Waals surface area contributed by atoms with E-state index in [0.29, 0.717) is 17.9 Å². The van der Waals surface area contributed by atoms with Gasteiger partial charge in [-0.25, -0.2) is 4.39 Å². The molecule has 0 spiro atoms. The van der Waals surface area contributed by atoms with Crippen LogP contribution >= 0.6 is 0 Å². The van der Waals surface area contributed by atoms with E-state index < -0.39 is 5.60 Å². The Morgan fingerprint density at radius 1 is 1.44 bits per heavy atom. The molecule has 0 amide bonds. The molecule has 1 N–H and O–H groups in total. The molecule has 0 saturated heterocycles. The number of rotatable bonds is 3. The third-order valence-electron chi connectivity index (χ3n) is 3.87. The molecule has 0 heterocycles. The van der Waals surface area contributed by atoms with Crippen molar-refractivity contribution in [2.45, 2.75) is 44.6 Å². The molecule has 1 saturated carbocycles. The van der Waals surface area contributed by atoms with E-state index in [0.717, 1.165) is 25.7 Å². The van der Waals surface area contributed by atoms with Gasteiger partial charge in [0, 0.05) is 6.42 Å². The Balaban J connectivity index is 2.17. The molecule has 2 heteroatoms. The molecule has 1 aliphatic rings. The normalized spacial score (nSPS) is 29.6. The first kappa shape index (κ1) is 11.6. The van der Waals surface area contributed by atoms with Crippen molar-refractivity contribution in [3.63, 3.8) is 0 Å². The summed E-state index contributed by atoms with van der Waals surface area (Å²) in [7, 11) is 0. The molecule has 0 aromatic heterocycles. The molecule has 16 heavy (non-hydrogen) atoms. The maximum Gasteiger partial charge on any atom is 0.126 e. The zero-order valence-corrected chi connectivity index (χ0v) is 9.75. The Morgan fingerprint density at radius 3 is 2.88 bits per heavy atom. The standard InChI is InChI=1S/C14H19FO/c1-2-12-7-5-9-14(12,16)10-11-6-3-4-8-13(11)15/h3-4,6,8,12,16H,2,5,7,9-10H2,1H3. The molecule has 2 unspecified atom stereocenters. The average Bonchev–Trinajstić information content (AvgIpc) is 2.63. The highest BCUT2D eigenvalue weighted by Crippen LogP contribution is 2.40. The summed E-state index contributed by atoms with van der Waals surface area (Å²) in [5.74, 6) is 0.129. The average molecular weight is 222 g/mol. The summed E-state index contributed by atoms with van der Waals surface area (Å²) in [5.41, 5.74) is -0.0397. The fraction of sp³-hybridized carbons (Fsp3) is 0.571. The SMILES string of the molecule is CCC1CCCC1(O)Cc1ccccc1F. The van der Waals surface area contributed by atoms with Gasteiger partial charge in [-0.15, -0.1) is 0 Å². The minimum absolute atomic E-state index is 0.197. The van der Waals surface area contributed by atoms with E-state index in [2.05, 4.69) is 6.92 Å². The summed E-state index contributed by atoms with van der Waals surface area (Å²) in [4.78, 5) is 0. The van der Waals surface area contributed by atoms with Crippen LogP contribution in [0.4, 0.5) is 4.39 Å². The highest BCUT2D eigenvalue weighted by atomic mass is 19.1. The zero-order valence-electron chi connectivity index (χ0n) is 9.75. The fourth-order valence-electron chi connectivity index (χ4n) is 2.92. The van der Waals surface area contributed by atoms with Gasteiger partial charge in [0.1, 0.15) is 5.82 Å². The lowest BCUT2D eigenvalue weighted by atomic mass is 9.83.